The minimum absolute atomic E-state index is 0.0993. The Morgan fingerprint density at radius 3 is 2.50 bits per heavy atom. The zero-order valence-electron chi connectivity index (χ0n) is 14.1. The maximum atomic E-state index is 12.4. The van der Waals surface area contributed by atoms with Gasteiger partial charge in [0.05, 0.1) is 16.3 Å². The summed E-state index contributed by atoms with van der Waals surface area (Å²) in [6, 6.07) is 11.0. The van der Waals surface area contributed by atoms with Gasteiger partial charge >= 0.3 is 0 Å². The lowest BCUT2D eigenvalue weighted by Crippen LogP contribution is -2.22. The molecule has 0 fully saturated rings. The van der Waals surface area contributed by atoms with Crippen molar-refractivity contribution < 1.29 is 18.0 Å². The van der Waals surface area contributed by atoms with Crippen LogP contribution in [0.15, 0.2) is 52.3 Å². The fourth-order valence-corrected chi connectivity index (χ4v) is 4.04. The summed E-state index contributed by atoms with van der Waals surface area (Å²) in [4.78, 5) is 25.0. The van der Waals surface area contributed by atoms with Crippen molar-refractivity contribution in [3.8, 4) is 0 Å². The fourth-order valence-electron chi connectivity index (χ4n) is 2.35. The molecule has 1 aliphatic rings. The van der Waals surface area contributed by atoms with Crippen LogP contribution in [0.5, 0.6) is 0 Å². The molecule has 0 aliphatic carbocycles. The fraction of sp³-hybridized carbons (Fsp3) is 0.176. The Morgan fingerprint density at radius 2 is 1.85 bits per heavy atom. The smallest absolute Gasteiger partial charge is 0.255 e. The number of amides is 2. The number of rotatable bonds is 4. The maximum absolute atomic E-state index is 12.4. The van der Waals surface area contributed by atoms with Gasteiger partial charge in [-0.15, -0.1) is 11.8 Å². The number of hydrogen-bond acceptors (Lipinski definition) is 5. The SMILES string of the molecule is CN(C)S(=O)(=O)c1ccc(NC(=O)c2ccc3c(c2)NC(=O)CS3)cc1. The Labute approximate surface area is 155 Å². The van der Waals surface area contributed by atoms with Gasteiger partial charge in [-0.05, 0) is 42.5 Å². The van der Waals surface area contributed by atoms with E-state index in [9.17, 15) is 18.0 Å². The van der Waals surface area contributed by atoms with E-state index in [0.717, 1.165) is 9.20 Å². The van der Waals surface area contributed by atoms with Gasteiger partial charge in [0.1, 0.15) is 0 Å². The monoisotopic (exact) mass is 391 g/mol. The number of carbonyl (C=O) groups is 2. The molecule has 1 heterocycles. The van der Waals surface area contributed by atoms with Gasteiger partial charge in [0.2, 0.25) is 15.9 Å². The van der Waals surface area contributed by atoms with E-state index < -0.39 is 10.0 Å². The summed E-state index contributed by atoms with van der Waals surface area (Å²) >= 11 is 1.42. The maximum Gasteiger partial charge on any atom is 0.255 e. The molecule has 3 rings (SSSR count). The Balaban J connectivity index is 1.76. The van der Waals surface area contributed by atoms with Crippen LogP contribution in [-0.2, 0) is 14.8 Å². The van der Waals surface area contributed by atoms with Crippen LogP contribution in [-0.4, -0.2) is 44.4 Å². The summed E-state index contributed by atoms with van der Waals surface area (Å²) in [6.07, 6.45) is 0. The van der Waals surface area contributed by atoms with Crippen LogP contribution in [0.25, 0.3) is 0 Å². The number of nitrogens with one attached hydrogen (secondary N) is 2. The molecule has 0 aromatic heterocycles. The highest BCUT2D eigenvalue weighted by Crippen LogP contribution is 2.32. The minimum atomic E-state index is -3.51. The van der Waals surface area contributed by atoms with Crippen molar-refractivity contribution in [3.63, 3.8) is 0 Å². The molecule has 2 amide bonds. The van der Waals surface area contributed by atoms with Gasteiger partial charge < -0.3 is 10.6 Å². The average molecular weight is 391 g/mol. The summed E-state index contributed by atoms with van der Waals surface area (Å²) < 4.78 is 25.2. The summed E-state index contributed by atoms with van der Waals surface area (Å²) in [5.41, 5.74) is 1.49. The molecule has 7 nitrogen and oxygen atoms in total. The Morgan fingerprint density at radius 1 is 1.15 bits per heavy atom. The van der Waals surface area contributed by atoms with Crippen LogP contribution in [0.4, 0.5) is 11.4 Å². The van der Waals surface area contributed by atoms with Crippen LogP contribution in [0.3, 0.4) is 0 Å². The van der Waals surface area contributed by atoms with Crippen molar-refractivity contribution in [1.29, 1.82) is 0 Å². The van der Waals surface area contributed by atoms with Crippen LogP contribution < -0.4 is 10.6 Å². The number of thioether (sulfide) groups is 1. The predicted molar refractivity (Wildman–Crippen MR) is 101 cm³/mol. The van der Waals surface area contributed by atoms with E-state index in [1.54, 1.807) is 18.2 Å². The second-order valence-electron chi connectivity index (χ2n) is 5.81. The molecule has 2 N–H and O–H groups in total. The molecule has 2 aromatic rings. The lowest BCUT2D eigenvalue weighted by atomic mass is 10.1. The van der Waals surface area contributed by atoms with Gasteiger partial charge in [0, 0.05) is 30.2 Å². The Bertz CT molecular complexity index is 970. The molecule has 0 bridgehead atoms. The molecule has 0 spiro atoms. The molecule has 0 saturated carbocycles. The van der Waals surface area contributed by atoms with Crippen molar-refractivity contribution >= 4 is 45.0 Å². The van der Waals surface area contributed by atoms with Crippen molar-refractivity contribution in [2.75, 3.05) is 30.5 Å². The van der Waals surface area contributed by atoms with Gasteiger partial charge in [0.15, 0.2) is 0 Å². The quantitative estimate of drug-likeness (QED) is 0.833. The van der Waals surface area contributed by atoms with Gasteiger partial charge in [-0.25, -0.2) is 12.7 Å². The number of anilines is 2. The number of hydrogen-bond donors (Lipinski definition) is 2. The van der Waals surface area contributed by atoms with E-state index in [2.05, 4.69) is 10.6 Å². The second-order valence-corrected chi connectivity index (χ2v) is 8.98. The molecule has 2 aromatic carbocycles. The van der Waals surface area contributed by atoms with Gasteiger partial charge in [-0.1, -0.05) is 0 Å². The Kier molecular flexibility index (Phi) is 5.03. The third kappa shape index (κ3) is 3.74. The number of nitrogens with zero attached hydrogens (tertiary/aromatic N) is 1. The largest absolute Gasteiger partial charge is 0.324 e. The van der Waals surface area contributed by atoms with E-state index >= 15 is 0 Å². The van der Waals surface area contributed by atoms with E-state index in [-0.39, 0.29) is 16.7 Å². The molecule has 0 saturated heterocycles. The first-order valence-electron chi connectivity index (χ1n) is 7.68. The van der Waals surface area contributed by atoms with Crippen LogP contribution in [0, 0.1) is 0 Å². The van der Waals surface area contributed by atoms with E-state index in [4.69, 9.17) is 0 Å². The highest BCUT2D eigenvalue weighted by atomic mass is 32.2. The molecule has 0 atom stereocenters. The summed E-state index contributed by atoms with van der Waals surface area (Å²) in [5.74, 6) is -0.0839. The number of benzene rings is 2. The number of carbonyl (C=O) groups excluding carboxylic acids is 2. The summed E-state index contributed by atoms with van der Waals surface area (Å²) in [7, 11) is -0.599. The molecule has 9 heteroatoms. The molecule has 0 unspecified atom stereocenters. The Hall–Kier alpha value is -2.36. The zero-order valence-corrected chi connectivity index (χ0v) is 15.8. The first kappa shape index (κ1) is 18.4. The molecule has 1 aliphatic heterocycles. The van der Waals surface area contributed by atoms with Crippen molar-refractivity contribution in [1.82, 2.24) is 4.31 Å². The molecule has 26 heavy (non-hydrogen) atoms. The first-order valence-corrected chi connectivity index (χ1v) is 10.1. The highest BCUT2D eigenvalue weighted by Gasteiger charge is 2.19. The standard InChI is InChI=1S/C17H17N3O4S2/c1-20(2)26(23,24)13-6-4-12(5-7-13)18-17(22)11-3-8-15-14(9-11)19-16(21)10-25-15/h3-9H,10H2,1-2H3,(H,18,22)(H,19,21). The molecule has 136 valence electrons. The lowest BCUT2D eigenvalue weighted by Gasteiger charge is -2.17. The highest BCUT2D eigenvalue weighted by molar-refractivity contribution is 8.00. The van der Waals surface area contributed by atoms with E-state index in [1.165, 1.54) is 50.1 Å². The summed E-state index contributed by atoms with van der Waals surface area (Å²) in [5, 5.41) is 5.46. The van der Waals surface area contributed by atoms with Crippen LogP contribution in [0.2, 0.25) is 0 Å². The van der Waals surface area contributed by atoms with Gasteiger partial charge in [-0.2, -0.15) is 0 Å². The predicted octanol–water partition coefficient (Wildman–Crippen LogP) is 2.23. The van der Waals surface area contributed by atoms with Gasteiger partial charge in [-0.3, -0.25) is 9.59 Å². The normalized spacial score (nSPS) is 13.9. The number of fused-ring (bicyclic) bond motifs is 1. The van der Waals surface area contributed by atoms with E-state index in [0.29, 0.717) is 22.7 Å². The molecular formula is C17H17N3O4S2. The van der Waals surface area contributed by atoms with Gasteiger partial charge in [0.25, 0.3) is 5.91 Å². The van der Waals surface area contributed by atoms with Crippen molar-refractivity contribution in [3.05, 3.63) is 48.0 Å². The topological polar surface area (TPSA) is 95.6 Å². The first-order chi connectivity index (χ1) is 12.3. The minimum Gasteiger partial charge on any atom is -0.324 e. The van der Waals surface area contributed by atoms with Crippen LogP contribution >= 0.6 is 11.8 Å². The average Bonchev–Trinajstić information content (AvgIpc) is 2.61. The molecular weight excluding hydrogens is 374 g/mol. The van der Waals surface area contributed by atoms with Crippen LogP contribution in [0.1, 0.15) is 10.4 Å². The van der Waals surface area contributed by atoms with Crippen molar-refractivity contribution in [2.45, 2.75) is 9.79 Å². The lowest BCUT2D eigenvalue weighted by molar-refractivity contribution is -0.113. The van der Waals surface area contributed by atoms with E-state index in [1.807, 2.05) is 0 Å². The molecule has 0 radical (unpaired) electrons. The zero-order chi connectivity index (χ0) is 18.9. The summed E-state index contributed by atoms with van der Waals surface area (Å²) in [6.45, 7) is 0. The third-order valence-electron chi connectivity index (χ3n) is 3.77. The second kappa shape index (κ2) is 7.10. The third-order valence-corrected chi connectivity index (χ3v) is 6.67. The van der Waals surface area contributed by atoms with Crippen molar-refractivity contribution in [2.24, 2.45) is 0 Å². The number of sulfonamides is 1.